The van der Waals surface area contributed by atoms with Gasteiger partial charge in [-0.25, -0.2) is 18.6 Å². The Labute approximate surface area is 151 Å². The first-order valence-corrected chi connectivity index (χ1v) is 6.76. The van der Waals surface area contributed by atoms with Crippen molar-refractivity contribution < 1.29 is 32.7 Å². The summed E-state index contributed by atoms with van der Waals surface area (Å²) in [5.74, 6) is 6.93. The van der Waals surface area contributed by atoms with Crippen molar-refractivity contribution in [3.05, 3.63) is 77.2 Å². The molecule has 0 fully saturated rings. The summed E-state index contributed by atoms with van der Waals surface area (Å²) in [6.07, 6.45) is 6.46. The number of rotatable bonds is 0. The molecule has 0 aromatic heterocycles. The topological polar surface area (TPSA) is 26.0 Å². The first-order valence-electron chi connectivity index (χ1n) is 6.76. The van der Waals surface area contributed by atoms with Crippen LogP contribution in [-0.4, -0.2) is 0 Å². The number of benzene rings is 2. The summed E-state index contributed by atoms with van der Waals surface area (Å²) < 4.78 is 0. The van der Waals surface area contributed by atoms with Gasteiger partial charge in [-0.2, -0.15) is 0 Å². The number of hydrogen-bond acceptors (Lipinski definition) is 1. The Hall–Kier alpha value is -1.49. The molecule has 1 unspecified atom stereocenters. The molecule has 0 saturated heterocycles. The molecule has 0 heterocycles. The molecule has 0 spiro atoms. The Balaban J connectivity index is 0.00000161. The normalized spacial score (nSPS) is 15.0. The SMILES string of the molecule is CC1[CH-]C=Cc2c(C#Cc3ccc(N)cc3)cccc21.[Y]. The molecule has 1 aliphatic carbocycles. The van der Waals surface area contributed by atoms with Crippen LogP contribution in [0.15, 0.2) is 48.5 Å². The summed E-state index contributed by atoms with van der Waals surface area (Å²) >= 11 is 0. The van der Waals surface area contributed by atoms with E-state index in [9.17, 15) is 0 Å². The summed E-state index contributed by atoms with van der Waals surface area (Å²) in [7, 11) is 0. The first kappa shape index (κ1) is 15.9. The number of hydrogen-bond donors (Lipinski definition) is 1. The maximum absolute atomic E-state index is 5.68. The number of anilines is 1. The predicted molar refractivity (Wildman–Crippen MR) is 85.0 cm³/mol. The molecule has 101 valence electrons. The van der Waals surface area contributed by atoms with Gasteiger partial charge in [0.15, 0.2) is 0 Å². The minimum absolute atomic E-state index is 0. The maximum Gasteiger partial charge on any atom is 0.0314 e. The molecule has 0 aliphatic heterocycles. The Morgan fingerprint density at radius 1 is 1.05 bits per heavy atom. The fraction of sp³-hybridized carbons (Fsp3) is 0.105. The van der Waals surface area contributed by atoms with Crippen molar-refractivity contribution in [3.8, 4) is 11.8 Å². The van der Waals surface area contributed by atoms with E-state index >= 15 is 0 Å². The van der Waals surface area contributed by atoms with Crippen molar-refractivity contribution in [3.63, 3.8) is 0 Å². The van der Waals surface area contributed by atoms with Gasteiger partial charge in [-0.15, -0.1) is 0 Å². The van der Waals surface area contributed by atoms with Gasteiger partial charge >= 0.3 is 0 Å². The molecule has 2 aromatic rings. The molecular formula is C19H16NY-. The maximum atomic E-state index is 5.68. The molecular weight excluding hydrogens is 331 g/mol. The van der Waals surface area contributed by atoms with E-state index < -0.39 is 0 Å². The minimum atomic E-state index is 0. The predicted octanol–water partition coefficient (Wildman–Crippen LogP) is 4.00. The number of nitrogen functional groups attached to an aromatic ring is 1. The van der Waals surface area contributed by atoms with Crippen LogP contribution >= 0.6 is 0 Å². The van der Waals surface area contributed by atoms with Gasteiger partial charge in [0.2, 0.25) is 0 Å². The van der Waals surface area contributed by atoms with E-state index in [1.54, 1.807) is 0 Å². The van der Waals surface area contributed by atoms with Gasteiger partial charge in [-0.05, 0) is 30.3 Å². The van der Waals surface area contributed by atoms with Crippen LogP contribution in [0, 0.1) is 18.3 Å². The van der Waals surface area contributed by atoms with Crippen LogP contribution < -0.4 is 5.73 Å². The third-order valence-corrected chi connectivity index (χ3v) is 3.55. The average molecular weight is 347 g/mol. The number of nitrogens with two attached hydrogens (primary N) is 1. The molecule has 0 bridgehead atoms. The molecule has 2 heteroatoms. The second-order valence-corrected chi connectivity index (χ2v) is 5.02. The molecule has 1 radical (unpaired) electrons. The number of fused-ring (bicyclic) bond motifs is 1. The summed E-state index contributed by atoms with van der Waals surface area (Å²) in [4.78, 5) is 0. The van der Waals surface area contributed by atoms with Crippen molar-refractivity contribution in [2.75, 3.05) is 5.73 Å². The molecule has 21 heavy (non-hydrogen) atoms. The second-order valence-electron chi connectivity index (χ2n) is 5.02. The van der Waals surface area contributed by atoms with E-state index in [0.29, 0.717) is 5.92 Å². The van der Waals surface area contributed by atoms with Crippen LogP contribution in [0.3, 0.4) is 0 Å². The van der Waals surface area contributed by atoms with Crippen molar-refractivity contribution in [1.29, 1.82) is 0 Å². The van der Waals surface area contributed by atoms with Crippen molar-refractivity contribution in [2.24, 2.45) is 0 Å². The van der Waals surface area contributed by atoms with Crippen LogP contribution in [0.2, 0.25) is 0 Å². The minimum Gasteiger partial charge on any atom is -0.399 e. The van der Waals surface area contributed by atoms with Crippen LogP contribution in [0.25, 0.3) is 6.08 Å². The van der Waals surface area contributed by atoms with Crippen LogP contribution in [0.5, 0.6) is 0 Å². The molecule has 0 saturated carbocycles. The van der Waals surface area contributed by atoms with Crippen molar-refractivity contribution >= 4 is 11.8 Å². The molecule has 3 rings (SSSR count). The van der Waals surface area contributed by atoms with Gasteiger partial charge in [-0.1, -0.05) is 47.9 Å². The quantitative estimate of drug-likeness (QED) is 0.435. The summed E-state index contributed by atoms with van der Waals surface area (Å²) in [5.41, 5.74) is 11.1. The monoisotopic (exact) mass is 347 g/mol. The Bertz CT molecular complexity index is 717. The van der Waals surface area contributed by atoms with Crippen molar-refractivity contribution in [1.82, 2.24) is 0 Å². The third-order valence-electron chi connectivity index (χ3n) is 3.55. The molecule has 1 nitrogen and oxygen atoms in total. The Morgan fingerprint density at radius 3 is 2.57 bits per heavy atom. The van der Waals surface area contributed by atoms with E-state index in [1.807, 2.05) is 24.3 Å². The molecule has 1 aliphatic rings. The van der Waals surface area contributed by atoms with Crippen LogP contribution in [0.1, 0.15) is 35.1 Å². The zero-order chi connectivity index (χ0) is 13.9. The Morgan fingerprint density at radius 2 is 1.81 bits per heavy atom. The third kappa shape index (κ3) is 3.59. The van der Waals surface area contributed by atoms with Crippen molar-refractivity contribution in [2.45, 2.75) is 12.8 Å². The fourth-order valence-electron chi connectivity index (χ4n) is 2.40. The van der Waals surface area contributed by atoms with Gasteiger partial charge in [-0.3, -0.25) is 0 Å². The second kappa shape index (κ2) is 6.98. The molecule has 2 N–H and O–H groups in total. The number of allylic oxidation sites excluding steroid dienone is 1. The van der Waals surface area contributed by atoms with E-state index in [4.69, 9.17) is 5.73 Å². The summed E-state index contributed by atoms with van der Waals surface area (Å²) in [5, 5.41) is 0. The smallest absolute Gasteiger partial charge is 0.0314 e. The van der Waals surface area contributed by atoms with Gasteiger partial charge in [0.05, 0.1) is 0 Å². The van der Waals surface area contributed by atoms with Gasteiger partial charge < -0.3 is 5.73 Å². The van der Waals surface area contributed by atoms with Gasteiger partial charge in [0.25, 0.3) is 0 Å². The Kier molecular flexibility index (Phi) is 5.29. The zero-order valence-corrected chi connectivity index (χ0v) is 14.8. The van der Waals surface area contributed by atoms with E-state index in [2.05, 4.69) is 55.5 Å². The molecule has 1 atom stereocenters. The largest absolute Gasteiger partial charge is 0.399 e. The van der Waals surface area contributed by atoms with E-state index in [1.165, 1.54) is 11.1 Å². The summed E-state index contributed by atoms with van der Waals surface area (Å²) in [6, 6.07) is 14.0. The zero-order valence-electron chi connectivity index (χ0n) is 12.0. The summed E-state index contributed by atoms with van der Waals surface area (Å²) in [6.45, 7) is 2.21. The van der Waals surface area contributed by atoms with Crippen LogP contribution in [0.4, 0.5) is 5.69 Å². The van der Waals surface area contributed by atoms with Crippen LogP contribution in [-0.2, 0) is 32.7 Å². The molecule has 0 amide bonds. The van der Waals surface area contributed by atoms with E-state index in [0.717, 1.165) is 16.8 Å². The van der Waals surface area contributed by atoms with Gasteiger partial charge in [0, 0.05) is 49.5 Å². The standard InChI is InChI=1S/C19H16N.Y/c1-14-4-2-7-19-16(5-3-6-18(14)19)11-8-15-9-12-17(20)13-10-15;/h2-7,9-10,12-14H,20H2,1H3;/q-1;. The average Bonchev–Trinajstić information content (AvgIpc) is 2.47. The molecule has 2 aromatic carbocycles. The van der Waals surface area contributed by atoms with E-state index in [-0.39, 0.29) is 32.7 Å². The first-order chi connectivity index (χ1) is 9.74. The fourth-order valence-corrected chi connectivity index (χ4v) is 2.40. The van der Waals surface area contributed by atoms with Gasteiger partial charge in [0.1, 0.15) is 0 Å².